The van der Waals surface area contributed by atoms with Crippen LogP contribution in [-0.2, 0) is 27.3 Å². The van der Waals surface area contributed by atoms with Crippen LogP contribution in [0.2, 0.25) is 5.02 Å². The van der Waals surface area contributed by atoms with E-state index < -0.39 is 6.04 Å². The SMILES string of the molecule is COc1ccc(CN(C(=O)Cc2ccccc2)C(C(=O)Nc2ccc(N3CCOCC3)cc2)c2ccc(Cl)cc2)cc1. The normalized spacial score (nSPS) is 13.7. The molecule has 1 atom stereocenters. The minimum Gasteiger partial charge on any atom is -0.497 e. The third kappa shape index (κ3) is 7.49. The third-order valence-corrected chi connectivity index (χ3v) is 7.54. The van der Waals surface area contributed by atoms with Gasteiger partial charge in [-0.25, -0.2) is 0 Å². The highest BCUT2D eigenvalue weighted by atomic mass is 35.5. The summed E-state index contributed by atoms with van der Waals surface area (Å²) in [7, 11) is 1.61. The second-order valence-electron chi connectivity index (χ2n) is 10.1. The predicted molar refractivity (Wildman–Crippen MR) is 166 cm³/mol. The molecule has 1 unspecified atom stereocenters. The quantitative estimate of drug-likeness (QED) is 0.243. The van der Waals surface area contributed by atoms with Crippen molar-refractivity contribution in [3.8, 4) is 5.75 Å². The number of nitrogens with one attached hydrogen (secondary N) is 1. The summed E-state index contributed by atoms with van der Waals surface area (Å²) in [5.74, 6) is 0.231. The van der Waals surface area contributed by atoms with Crippen LogP contribution >= 0.6 is 11.6 Å². The van der Waals surface area contributed by atoms with Gasteiger partial charge in [0.2, 0.25) is 5.91 Å². The lowest BCUT2D eigenvalue weighted by Crippen LogP contribution is -2.41. The Kier molecular flexibility index (Phi) is 9.74. The lowest BCUT2D eigenvalue weighted by molar-refractivity contribution is -0.139. The second kappa shape index (κ2) is 14.0. The number of morpholine rings is 1. The molecule has 0 radical (unpaired) electrons. The number of hydrogen-bond donors (Lipinski definition) is 1. The first-order valence-electron chi connectivity index (χ1n) is 14.0. The van der Waals surface area contributed by atoms with Gasteiger partial charge in [-0.3, -0.25) is 9.59 Å². The number of carbonyl (C=O) groups excluding carboxylic acids is 2. The molecule has 1 N–H and O–H groups in total. The van der Waals surface area contributed by atoms with Crippen molar-refractivity contribution in [3.63, 3.8) is 0 Å². The van der Waals surface area contributed by atoms with Gasteiger partial charge in [-0.1, -0.05) is 66.2 Å². The maximum absolute atomic E-state index is 14.1. The Labute approximate surface area is 251 Å². The van der Waals surface area contributed by atoms with Gasteiger partial charge in [0.25, 0.3) is 5.91 Å². The molecular weight excluding hydrogens is 550 g/mol. The molecule has 1 fully saturated rings. The molecule has 0 saturated carbocycles. The fourth-order valence-corrected chi connectivity index (χ4v) is 5.15. The maximum atomic E-state index is 14.1. The summed E-state index contributed by atoms with van der Waals surface area (Å²) in [5, 5.41) is 3.61. The molecule has 4 aromatic rings. The number of benzene rings is 4. The Hall–Kier alpha value is -4.33. The molecule has 0 aromatic heterocycles. The smallest absolute Gasteiger partial charge is 0.251 e. The molecule has 5 rings (SSSR count). The third-order valence-electron chi connectivity index (χ3n) is 7.29. The summed E-state index contributed by atoms with van der Waals surface area (Å²) in [5.41, 5.74) is 4.13. The van der Waals surface area contributed by atoms with Crippen molar-refractivity contribution in [2.75, 3.05) is 43.6 Å². The number of methoxy groups -OCH3 is 1. The van der Waals surface area contributed by atoms with E-state index in [4.69, 9.17) is 21.1 Å². The molecule has 2 amide bonds. The molecule has 42 heavy (non-hydrogen) atoms. The van der Waals surface area contributed by atoms with Crippen molar-refractivity contribution >= 4 is 34.8 Å². The molecule has 1 aliphatic rings. The molecule has 8 heteroatoms. The Morgan fingerprint density at radius 1 is 0.881 bits per heavy atom. The molecule has 216 valence electrons. The zero-order chi connectivity index (χ0) is 29.3. The van der Waals surface area contributed by atoms with Gasteiger partial charge in [0.05, 0.1) is 26.7 Å². The van der Waals surface area contributed by atoms with Gasteiger partial charge in [0.1, 0.15) is 11.8 Å². The van der Waals surface area contributed by atoms with Gasteiger partial charge >= 0.3 is 0 Å². The highest BCUT2D eigenvalue weighted by Crippen LogP contribution is 2.29. The summed E-state index contributed by atoms with van der Waals surface area (Å²) in [6, 6.07) is 31.0. The van der Waals surface area contributed by atoms with Crippen molar-refractivity contribution in [1.29, 1.82) is 0 Å². The molecule has 0 aliphatic carbocycles. The average Bonchev–Trinajstić information content (AvgIpc) is 3.03. The van der Waals surface area contributed by atoms with Crippen molar-refractivity contribution < 1.29 is 19.1 Å². The molecule has 1 heterocycles. The zero-order valence-electron chi connectivity index (χ0n) is 23.5. The lowest BCUT2D eigenvalue weighted by atomic mass is 10.0. The minimum absolute atomic E-state index is 0.155. The van der Waals surface area contributed by atoms with Crippen LogP contribution in [-0.4, -0.2) is 50.1 Å². The zero-order valence-corrected chi connectivity index (χ0v) is 24.3. The molecule has 0 spiro atoms. The lowest BCUT2D eigenvalue weighted by Gasteiger charge is -2.32. The Balaban J connectivity index is 1.46. The van der Waals surface area contributed by atoms with E-state index in [1.54, 1.807) is 36.3 Å². The molecule has 7 nitrogen and oxygen atoms in total. The van der Waals surface area contributed by atoms with E-state index in [0.29, 0.717) is 35.2 Å². The molecule has 1 saturated heterocycles. The van der Waals surface area contributed by atoms with Crippen LogP contribution in [0, 0.1) is 0 Å². The van der Waals surface area contributed by atoms with E-state index in [-0.39, 0.29) is 24.8 Å². The number of carbonyl (C=O) groups is 2. The molecule has 1 aliphatic heterocycles. The van der Waals surface area contributed by atoms with Crippen LogP contribution in [0.3, 0.4) is 0 Å². The van der Waals surface area contributed by atoms with E-state index in [2.05, 4.69) is 10.2 Å². The van der Waals surface area contributed by atoms with Gasteiger partial charge in [-0.15, -0.1) is 0 Å². The van der Waals surface area contributed by atoms with E-state index in [9.17, 15) is 9.59 Å². The molecular formula is C34H34ClN3O4. The van der Waals surface area contributed by atoms with Crippen LogP contribution in [0.5, 0.6) is 5.75 Å². The maximum Gasteiger partial charge on any atom is 0.251 e. The van der Waals surface area contributed by atoms with Crippen LogP contribution in [0.25, 0.3) is 0 Å². The van der Waals surface area contributed by atoms with Crippen LogP contribution in [0.1, 0.15) is 22.7 Å². The van der Waals surface area contributed by atoms with E-state index >= 15 is 0 Å². The van der Waals surface area contributed by atoms with Gasteiger partial charge in [0.15, 0.2) is 0 Å². The second-order valence-corrected chi connectivity index (χ2v) is 10.6. The number of ether oxygens (including phenoxy) is 2. The first-order chi connectivity index (χ1) is 20.5. The van der Waals surface area contributed by atoms with Crippen molar-refractivity contribution in [2.45, 2.75) is 19.0 Å². The Bertz CT molecular complexity index is 1460. The topological polar surface area (TPSA) is 71.1 Å². The number of amides is 2. The number of hydrogen-bond acceptors (Lipinski definition) is 5. The van der Waals surface area contributed by atoms with Crippen LogP contribution in [0.15, 0.2) is 103 Å². The van der Waals surface area contributed by atoms with Crippen molar-refractivity contribution in [2.24, 2.45) is 0 Å². The number of anilines is 2. The highest BCUT2D eigenvalue weighted by Gasteiger charge is 2.32. The van der Waals surface area contributed by atoms with Gasteiger partial charge in [0, 0.05) is 36.0 Å². The Morgan fingerprint density at radius 2 is 1.55 bits per heavy atom. The van der Waals surface area contributed by atoms with Crippen molar-refractivity contribution in [3.05, 3.63) is 125 Å². The summed E-state index contributed by atoms with van der Waals surface area (Å²) in [6.45, 7) is 3.28. The monoisotopic (exact) mass is 583 g/mol. The largest absolute Gasteiger partial charge is 0.497 e. The van der Waals surface area contributed by atoms with Gasteiger partial charge in [-0.05, 0) is 65.2 Å². The first-order valence-corrected chi connectivity index (χ1v) is 14.3. The fraction of sp³-hybridized carbons (Fsp3) is 0.235. The predicted octanol–water partition coefficient (Wildman–Crippen LogP) is 6.14. The Morgan fingerprint density at radius 3 is 2.19 bits per heavy atom. The van der Waals surface area contributed by atoms with Crippen molar-refractivity contribution in [1.82, 2.24) is 4.90 Å². The fourth-order valence-electron chi connectivity index (χ4n) is 5.03. The van der Waals surface area contributed by atoms with Crippen LogP contribution in [0.4, 0.5) is 11.4 Å². The number of halogens is 1. The van der Waals surface area contributed by atoms with E-state index in [0.717, 1.165) is 29.9 Å². The van der Waals surface area contributed by atoms with Crippen LogP contribution < -0.4 is 15.0 Å². The number of nitrogens with zero attached hydrogens (tertiary/aromatic N) is 2. The summed E-state index contributed by atoms with van der Waals surface area (Å²) < 4.78 is 10.8. The first kappa shape index (κ1) is 29.2. The highest BCUT2D eigenvalue weighted by molar-refractivity contribution is 6.30. The summed E-state index contributed by atoms with van der Waals surface area (Å²) in [6.07, 6.45) is 0.155. The van der Waals surface area contributed by atoms with E-state index in [1.807, 2.05) is 78.9 Å². The standard InChI is InChI=1S/C34H34ClN3O4/c1-41-31-17-7-26(8-18-31)24-38(32(39)23-25-5-3-2-4-6-25)33(27-9-11-28(35)12-10-27)34(40)36-29-13-15-30(16-14-29)37-19-21-42-22-20-37/h2-18,33H,19-24H2,1H3,(H,36,40). The van der Waals surface area contributed by atoms with E-state index in [1.165, 1.54) is 0 Å². The summed E-state index contributed by atoms with van der Waals surface area (Å²) in [4.78, 5) is 32.0. The van der Waals surface area contributed by atoms with Gasteiger partial charge < -0.3 is 24.6 Å². The average molecular weight is 584 g/mol. The summed E-state index contributed by atoms with van der Waals surface area (Å²) >= 11 is 6.21. The minimum atomic E-state index is -0.903. The van der Waals surface area contributed by atoms with Gasteiger partial charge in [-0.2, -0.15) is 0 Å². The number of rotatable bonds is 10. The molecule has 4 aromatic carbocycles. The molecule has 0 bridgehead atoms.